The first-order chi connectivity index (χ1) is 9.04. The Kier molecular flexibility index (Phi) is 3.74. The molecule has 1 aliphatic heterocycles. The highest BCUT2D eigenvalue weighted by atomic mass is 16.5. The lowest BCUT2D eigenvalue weighted by Crippen LogP contribution is -2.24. The Bertz CT molecular complexity index is 541. The molecule has 0 aliphatic carbocycles. The van der Waals surface area contributed by atoms with Crippen LogP contribution in [0.3, 0.4) is 0 Å². The number of fused-ring (bicyclic) bond motifs is 1. The van der Waals surface area contributed by atoms with Crippen molar-refractivity contribution in [2.75, 3.05) is 20.7 Å². The van der Waals surface area contributed by atoms with E-state index in [2.05, 4.69) is 0 Å². The number of carbonyl (C=O) groups excluding carboxylic acids is 2. The summed E-state index contributed by atoms with van der Waals surface area (Å²) in [5.41, 5.74) is 1.78. The van der Waals surface area contributed by atoms with E-state index in [0.29, 0.717) is 31.0 Å². The van der Waals surface area contributed by atoms with Crippen LogP contribution in [0.2, 0.25) is 0 Å². The van der Waals surface area contributed by atoms with E-state index < -0.39 is 0 Å². The highest BCUT2D eigenvalue weighted by Gasteiger charge is 2.26. The number of nitrogens with zero attached hydrogens (tertiary/aromatic N) is 2. The van der Waals surface area contributed by atoms with E-state index in [-0.39, 0.29) is 11.8 Å². The van der Waals surface area contributed by atoms with E-state index in [1.165, 1.54) is 0 Å². The minimum absolute atomic E-state index is 0.0181. The second kappa shape index (κ2) is 5.30. The highest BCUT2D eigenvalue weighted by molar-refractivity contribution is 6.09. The zero-order valence-electron chi connectivity index (χ0n) is 11.5. The first kappa shape index (κ1) is 13.4. The van der Waals surface area contributed by atoms with E-state index in [9.17, 15) is 9.59 Å². The maximum Gasteiger partial charge on any atom is 0.354 e. The summed E-state index contributed by atoms with van der Waals surface area (Å²) in [7, 11) is 3.77. The Hall–Kier alpha value is -2.04. The van der Waals surface area contributed by atoms with Crippen LogP contribution in [0.5, 0.6) is 0 Å². The number of rotatable bonds is 3. The number of ketones is 1. The van der Waals surface area contributed by atoms with Crippen LogP contribution in [0, 0.1) is 0 Å². The second-order valence-electron chi connectivity index (χ2n) is 4.67. The summed E-state index contributed by atoms with van der Waals surface area (Å²) in [5, 5.41) is 0. The molecule has 0 atom stereocenters. The topological polar surface area (TPSA) is 51.5 Å². The second-order valence-corrected chi connectivity index (χ2v) is 4.67. The van der Waals surface area contributed by atoms with Gasteiger partial charge in [0.1, 0.15) is 5.69 Å². The summed E-state index contributed by atoms with van der Waals surface area (Å²) in [6.45, 7) is 2.72. The van der Waals surface area contributed by atoms with Crippen LogP contribution in [0.1, 0.15) is 34.3 Å². The third-order valence-electron chi connectivity index (χ3n) is 3.01. The maximum absolute atomic E-state index is 12.3. The number of esters is 1. The molecule has 0 radical (unpaired) electrons. The van der Waals surface area contributed by atoms with Gasteiger partial charge in [0.15, 0.2) is 0 Å². The van der Waals surface area contributed by atoms with Crippen molar-refractivity contribution in [1.82, 2.24) is 9.47 Å². The van der Waals surface area contributed by atoms with Crippen molar-refractivity contribution >= 4 is 11.8 Å². The summed E-state index contributed by atoms with van der Waals surface area (Å²) < 4.78 is 6.73. The predicted octanol–water partition coefficient (Wildman–Crippen LogP) is 1.70. The van der Waals surface area contributed by atoms with Gasteiger partial charge < -0.3 is 14.2 Å². The molecule has 5 heteroatoms. The van der Waals surface area contributed by atoms with Gasteiger partial charge in [-0.3, -0.25) is 4.79 Å². The maximum atomic E-state index is 12.3. The molecule has 102 valence electrons. The first-order valence-corrected chi connectivity index (χ1v) is 6.33. The summed E-state index contributed by atoms with van der Waals surface area (Å²) in [6.07, 6.45) is 2.47. The number of ether oxygens (including phenoxy) is 1. The molecule has 19 heavy (non-hydrogen) atoms. The first-order valence-electron chi connectivity index (χ1n) is 6.33. The molecule has 0 spiro atoms. The van der Waals surface area contributed by atoms with Crippen LogP contribution in [-0.4, -0.2) is 41.9 Å². The van der Waals surface area contributed by atoms with Crippen molar-refractivity contribution in [3.8, 4) is 0 Å². The number of carbonyl (C=O) groups is 2. The van der Waals surface area contributed by atoms with Crippen molar-refractivity contribution < 1.29 is 14.3 Å². The fraction of sp³-hybridized carbons (Fsp3) is 0.429. The minimum atomic E-state index is -0.374. The molecule has 0 unspecified atom stereocenters. The van der Waals surface area contributed by atoms with Crippen LogP contribution >= 0.6 is 0 Å². The quantitative estimate of drug-likeness (QED) is 0.614. The average Bonchev–Trinajstić information content (AvgIpc) is 2.77. The normalized spacial score (nSPS) is 16.4. The van der Waals surface area contributed by atoms with Gasteiger partial charge in [-0.25, -0.2) is 4.79 Å². The summed E-state index contributed by atoms with van der Waals surface area (Å²) >= 11 is 0. The Morgan fingerprint density at radius 2 is 2.21 bits per heavy atom. The van der Waals surface area contributed by atoms with Gasteiger partial charge in [0.2, 0.25) is 5.78 Å². The van der Waals surface area contributed by atoms with E-state index in [0.717, 1.165) is 5.57 Å². The Morgan fingerprint density at radius 1 is 1.47 bits per heavy atom. The van der Waals surface area contributed by atoms with Gasteiger partial charge in [-0.15, -0.1) is 0 Å². The van der Waals surface area contributed by atoms with Crippen LogP contribution in [0.15, 0.2) is 23.9 Å². The average molecular weight is 262 g/mol. The van der Waals surface area contributed by atoms with Crippen molar-refractivity contribution in [3.05, 3.63) is 35.3 Å². The summed E-state index contributed by atoms with van der Waals surface area (Å²) in [6, 6.07) is 3.35. The molecule has 5 nitrogen and oxygen atoms in total. The van der Waals surface area contributed by atoms with Crippen LogP contribution in [0.4, 0.5) is 0 Å². The minimum Gasteiger partial charge on any atom is -0.461 e. The number of hydrogen-bond donors (Lipinski definition) is 0. The third kappa shape index (κ3) is 2.54. The third-order valence-corrected chi connectivity index (χ3v) is 3.01. The van der Waals surface area contributed by atoms with Crippen molar-refractivity contribution in [1.29, 1.82) is 0 Å². The largest absolute Gasteiger partial charge is 0.461 e. The van der Waals surface area contributed by atoms with Gasteiger partial charge in [0, 0.05) is 32.4 Å². The molecule has 2 rings (SSSR count). The van der Waals surface area contributed by atoms with Crippen molar-refractivity contribution in [2.45, 2.75) is 19.9 Å². The monoisotopic (exact) mass is 262 g/mol. The molecule has 0 saturated carbocycles. The molecular formula is C14H18N2O3. The van der Waals surface area contributed by atoms with Crippen LogP contribution in [0.25, 0.3) is 0 Å². The highest BCUT2D eigenvalue weighted by Crippen LogP contribution is 2.23. The molecule has 1 aromatic heterocycles. The van der Waals surface area contributed by atoms with Crippen LogP contribution in [-0.2, 0) is 11.3 Å². The molecular weight excluding hydrogens is 244 g/mol. The zero-order valence-corrected chi connectivity index (χ0v) is 11.5. The Labute approximate surface area is 112 Å². The van der Waals surface area contributed by atoms with E-state index in [1.807, 2.05) is 25.2 Å². The standard InChI is InChI=1S/C14H18N2O3/c1-4-19-14(18)12-6-5-11-13(17)10(9-15(2)3)7-8-16(11)12/h5-6,9H,4,7-8H2,1-3H3. The molecule has 0 aromatic carbocycles. The van der Waals surface area contributed by atoms with Gasteiger partial charge in [-0.2, -0.15) is 0 Å². The number of allylic oxidation sites excluding steroid dienone is 1. The fourth-order valence-electron chi connectivity index (χ4n) is 2.24. The molecule has 1 aliphatic rings. The summed E-state index contributed by atoms with van der Waals surface area (Å²) in [5.74, 6) is -0.392. The predicted molar refractivity (Wildman–Crippen MR) is 71.1 cm³/mol. The lowest BCUT2D eigenvalue weighted by Gasteiger charge is -2.20. The summed E-state index contributed by atoms with van der Waals surface area (Å²) in [4.78, 5) is 25.9. The van der Waals surface area contributed by atoms with E-state index in [1.54, 1.807) is 23.6 Å². The van der Waals surface area contributed by atoms with Crippen molar-refractivity contribution in [2.24, 2.45) is 0 Å². The lowest BCUT2D eigenvalue weighted by molar-refractivity contribution is 0.0513. The molecule has 0 bridgehead atoms. The SMILES string of the molecule is CCOC(=O)c1ccc2n1CCC(=CN(C)C)C2=O. The number of hydrogen-bond acceptors (Lipinski definition) is 4. The van der Waals surface area contributed by atoms with Gasteiger partial charge in [-0.05, 0) is 25.5 Å². The van der Waals surface area contributed by atoms with E-state index >= 15 is 0 Å². The molecule has 0 fully saturated rings. The van der Waals surface area contributed by atoms with Gasteiger partial charge >= 0.3 is 5.97 Å². The lowest BCUT2D eigenvalue weighted by atomic mass is 10.0. The molecule has 0 N–H and O–H groups in total. The van der Waals surface area contributed by atoms with Gasteiger partial charge in [0.05, 0.1) is 12.3 Å². The Balaban J connectivity index is 2.33. The molecule has 1 aromatic rings. The zero-order chi connectivity index (χ0) is 14.0. The fourth-order valence-corrected chi connectivity index (χ4v) is 2.24. The molecule has 0 amide bonds. The number of aromatic nitrogens is 1. The number of Topliss-reactive ketones (excluding diaryl/α,β-unsaturated/α-hetero) is 1. The Morgan fingerprint density at radius 3 is 2.84 bits per heavy atom. The van der Waals surface area contributed by atoms with Gasteiger partial charge in [0.25, 0.3) is 0 Å². The van der Waals surface area contributed by atoms with E-state index in [4.69, 9.17) is 4.74 Å². The van der Waals surface area contributed by atoms with Gasteiger partial charge in [-0.1, -0.05) is 0 Å². The smallest absolute Gasteiger partial charge is 0.354 e. The molecule has 0 saturated heterocycles. The van der Waals surface area contributed by atoms with Crippen molar-refractivity contribution in [3.63, 3.8) is 0 Å². The molecule has 2 heterocycles. The van der Waals surface area contributed by atoms with Crippen LogP contribution < -0.4 is 0 Å².